The summed E-state index contributed by atoms with van der Waals surface area (Å²) in [6, 6.07) is 0. The standard InChI is InChI=1S/C11H22F3N3O2S/c1-3-15-8-10(2)20(18,19)17-6-4-16(5-7-17)9-11(12,13)14/h10,15H,3-9H2,1-2H3. The highest BCUT2D eigenvalue weighted by molar-refractivity contribution is 7.89. The van der Waals surface area contributed by atoms with Gasteiger partial charge in [-0.15, -0.1) is 0 Å². The van der Waals surface area contributed by atoms with E-state index in [1.165, 1.54) is 9.21 Å². The van der Waals surface area contributed by atoms with Crippen molar-refractivity contribution in [3.8, 4) is 0 Å². The summed E-state index contributed by atoms with van der Waals surface area (Å²) in [4.78, 5) is 1.24. The van der Waals surface area contributed by atoms with Crippen molar-refractivity contribution >= 4 is 10.0 Å². The lowest BCUT2D eigenvalue weighted by Gasteiger charge is -2.35. The summed E-state index contributed by atoms with van der Waals surface area (Å²) in [6.45, 7) is 4.02. The van der Waals surface area contributed by atoms with E-state index in [0.29, 0.717) is 13.1 Å². The van der Waals surface area contributed by atoms with E-state index in [-0.39, 0.29) is 26.2 Å². The van der Waals surface area contributed by atoms with Gasteiger partial charge in [0.2, 0.25) is 10.0 Å². The van der Waals surface area contributed by atoms with E-state index in [4.69, 9.17) is 0 Å². The third-order valence-corrected chi connectivity index (χ3v) is 5.55. The van der Waals surface area contributed by atoms with Gasteiger partial charge in [0.25, 0.3) is 0 Å². The predicted molar refractivity (Wildman–Crippen MR) is 71.0 cm³/mol. The lowest BCUT2D eigenvalue weighted by Crippen LogP contribution is -2.53. The second-order valence-electron chi connectivity index (χ2n) is 4.95. The molecule has 1 aliphatic heterocycles. The number of piperazine rings is 1. The normalized spacial score (nSPS) is 21.1. The van der Waals surface area contributed by atoms with Crippen molar-refractivity contribution in [1.82, 2.24) is 14.5 Å². The van der Waals surface area contributed by atoms with Crippen molar-refractivity contribution in [2.45, 2.75) is 25.3 Å². The number of rotatable bonds is 6. The average Bonchev–Trinajstić information content (AvgIpc) is 2.34. The molecule has 1 atom stereocenters. The van der Waals surface area contributed by atoms with E-state index in [0.717, 1.165) is 0 Å². The molecule has 20 heavy (non-hydrogen) atoms. The van der Waals surface area contributed by atoms with Gasteiger partial charge in [0.15, 0.2) is 0 Å². The van der Waals surface area contributed by atoms with Gasteiger partial charge in [-0.1, -0.05) is 6.92 Å². The summed E-state index contributed by atoms with van der Waals surface area (Å²) in [5.41, 5.74) is 0. The van der Waals surface area contributed by atoms with E-state index in [2.05, 4.69) is 5.32 Å². The van der Waals surface area contributed by atoms with Gasteiger partial charge < -0.3 is 5.32 Å². The van der Waals surface area contributed by atoms with Crippen LogP contribution in [0.2, 0.25) is 0 Å². The molecule has 0 aliphatic carbocycles. The maximum atomic E-state index is 12.3. The van der Waals surface area contributed by atoms with Crippen LogP contribution in [0.1, 0.15) is 13.8 Å². The number of sulfonamides is 1. The second kappa shape index (κ2) is 7.06. The topological polar surface area (TPSA) is 52.7 Å². The molecule has 0 bridgehead atoms. The average molecular weight is 317 g/mol. The molecule has 1 N–H and O–H groups in total. The third kappa shape index (κ3) is 5.19. The summed E-state index contributed by atoms with van der Waals surface area (Å²) in [7, 11) is -3.44. The SMILES string of the molecule is CCNCC(C)S(=O)(=O)N1CCN(CC(F)(F)F)CC1. The van der Waals surface area contributed by atoms with Gasteiger partial charge >= 0.3 is 6.18 Å². The molecule has 1 heterocycles. The lowest BCUT2D eigenvalue weighted by atomic mass is 10.3. The minimum absolute atomic E-state index is 0.118. The van der Waals surface area contributed by atoms with Crippen LogP contribution in [-0.2, 0) is 10.0 Å². The number of nitrogens with one attached hydrogen (secondary N) is 1. The minimum Gasteiger partial charge on any atom is -0.316 e. The minimum atomic E-state index is -4.24. The Hall–Kier alpha value is -0.380. The molecule has 1 saturated heterocycles. The Kier molecular flexibility index (Phi) is 6.24. The molecule has 0 spiro atoms. The van der Waals surface area contributed by atoms with E-state index in [1.54, 1.807) is 6.92 Å². The van der Waals surface area contributed by atoms with E-state index in [9.17, 15) is 21.6 Å². The van der Waals surface area contributed by atoms with Crippen LogP contribution in [0.15, 0.2) is 0 Å². The molecule has 0 aromatic heterocycles. The van der Waals surface area contributed by atoms with Crippen LogP contribution < -0.4 is 5.32 Å². The van der Waals surface area contributed by atoms with Crippen LogP contribution in [0.25, 0.3) is 0 Å². The van der Waals surface area contributed by atoms with Gasteiger partial charge in [0.05, 0.1) is 11.8 Å². The Morgan fingerprint density at radius 3 is 2.20 bits per heavy atom. The molecule has 0 amide bonds. The quantitative estimate of drug-likeness (QED) is 0.775. The largest absolute Gasteiger partial charge is 0.401 e. The first-order valence-electron chi connectivity index (χ1n) is 6.65. The number of alkyl halides is 3. The van der Waals surface area contributed by atoms with E-state index in [1.807, 2.05) is 6.92 Å². The van der Waals surface area contributed by atoms with Crippen molar-refractivity contribution in [2.24, 2.45) is 0 Å². The number of hydrogen-bond donors (Lipinski definition) is 1. The van der Waals surface area contributed by atoms with Crippen molar-refractivity contribution in [3.05, 3.63) is 0 Å². The second-order valence-corrected chi connectivity index (χ2v) is 7.30. The maximum Gasteiger partial charge on any atom is 0.401 e. The molecule has 5 nitrogen and oxygen atoms in total. The van der Waals surface area contributed by atoms with Crippen molar-refractivity contribution in [3.63, 3.8) is 0 Å². The molecule has 1 fully saturated rings. The van der Waals surface area contributed by atoms with Crippen LogP contribution in [0.5, 0.6) is 0 Å². The Morgan fingerprint density at radius 2 is 1.75 bits per heavy atom. The molecular formula is C11H22F3N3O2S. The number of hydrogen-bond acceptors (Lipinski definition) is 4. The molecule has 0 radical (unpaired) electrons. The number of nitrogens with zero attached hydrogens (tertiary/aromatic N) is 2. The van der Waals surface area contributed by atoms with Gasteiger partial charge in [-0.25, -0.2) is 8.42 Å². The number of halogens is 3. The van der Waals surface area contributed by atoms with Crippen LogP contribution in [0.4, 0.5) is 13.2 Å². The summed E-state index contributed by atoms with van der Waals surface area (Å²) in [5.74, 6) is 0. The molecular weight excluding hydrogens is 295 g/mol. The molecule has 1 rings (SSSR count). The monoisotopic (exact) mass is 317 g/mol. The third-order valence-electron chi connectivity index (χ3n) is 3.28. The summed E-state index contributed by atoms with van der Waals surface area (Å²) in [6.07, 6.45) is -4.24. The first kappa shape index (κ1) is 17.7. The predicted octanol–water partition coefficient (Wildman–Crippen LogP) is 0.494. The molecule has 0 aromatic rings. The first-order valence-corrected chi connectivity index (χ1v) is 8.16. The van der Waals surface area contributed by atoms with Crippen molar-refractivity contribution in [2.75, 3.05) is 45.8 Å². The van der Waals surface area contributed by atoms with Crippen molar-refractivity contribution in [1.29, 1.82) is 0 Å². The van der Waals surface area contributed by atoms with E-state index < -0.39 is 28.0 Å². The molecule has 9 heteroatoms. The van der Waals surface area contributed by atoms with E-state index >= 15 is 0 Å². The van der Waals surface area contributed by atoms with Crippen LogP contribution in [-0.4, -0.2) is 74.9 Å². The fourth-order valence-corrected chi connectivity index (χ4v) is 3.61. The van der Waals surface area contributed by atoms with Crippen LogP contribution in [0.3, 0.4) is 0 Å². The molecule has 1 unspecified atom stereocenters. The van der Waals surface area contributed by atoms with Gasteiger partial charge in [0.1, 0.15) is 0 Å². The fourth-order valence-electron chi connectivity index (χ4n) is 2.10. The van der Waals surface area contributed by atoms with Gasteiger partial charge in [-0.3, -0.25) is 4.90 Å². The fraction of sp³-hybridized carbons (Fsp3) is 1.00. The highest BCUT2D eigenvalue weighted by Gasteiger charge is 2.35. The van der Waals surface area contributed by atoms with Gasteiger partial charge in [-0.05, 0) is 13.5 Å². The maximum absolute atomic E-state index is 12.3. The summed E-state index contributed by atoms with van der Waals surface area (Å²) in [5, 5.41) is 2.40. The Bertz CT molecular complexity index is 392. The van der Waals surface area contributed by atoms with Crippen LogP contribution in [0, 0.1) is 0 Å². The highest BCUT2D eigenvalue weighted by atomic mass is 32.2. The van der Waals surface area contributed by atoms with Crippen molar-refractivity contribution < 1.29 is 21.6 Å². The smallest absolute Gasteiger partial charge is 0.316 e. The van der Waals surface area contributed by atoms with Gasteiger partial charge in [0, 0.05) is 32.7 Å². The first-order chi connectivity index (χ1) is 9.16. The highest BCUT2D eigenvalue weighted by Crippen LogP contribution is 2.19. The molecule has 1 aliphatic rings. The Balaban J connectivity index is 2.51. The zero-order valence-electron chi connectivity index (χ0n) is 11.8. The zero-order valence-corrected chi connectivity index (χ0v) is 12.6. The molecule has 0 aromatic carbocycles. The van der Waals surface area contributed by atoms with Gasteiger partial charge in [-0.2, -0.15) is 17.5 Å². The Morgan fingerprint density at radius 1 is 1.20 bits per heavy atom. The Labute approximate surface area is 118 Å². The van der Waals surface area contributed by atoms with Crippen LogP contribution >= 0.6 is 0 Å². The lowest BCUT2D eigenvalue weighted by molar-refractivity contribution is -0.148. The molecule has 0 saturated carbocycles. The zero-order chi connectivity index (χ0) is 15.4. The summed E-state index contributed by atoms with van der Waals surface area (Å²) < 4.78 is 62.5. The molecule has 120 valence electrons. The summed E-state index contributed by atoms with van der Waals surface area (Å²) >= 11 is 0.